The molecule has 3 aromatic carbocycles. The maximum atomic E-state index is 13.9. The maximum Gasteiger partial charge on any atom is 0.331 e. The van der Waals surface area contributed by atoms with Gasteiger partial charge in [-0.2, -0.15) is 0 Å². The zero-order valence-electron chi connectivity index (χ0n) is 15.1. The van der Waals surface area contributed by atoms with Gasteiger partial charge < -0.3 is 5.11 Å². The third-order valence-corrected chi connectivity index (χ3v) is 5.14. The summed E-state index contributed by atoms with van der Waals surface area (Å²) < 4.78 is 13.9. The normalized spacial score (nSPS) is 19.4. The van der Waals surface area contributed by atoms with E-state index in [9.17, 15) is 14.3 Å². The smallest absolute Gasteiger partial charge is 0.331 e. The van der Waals surface area contributed by atoms with E-state index in [4.69, 9.17) is 11.6 Å². The quantitative estimate of drug-likeness (QED) is 0.671. The second kappa shape index (κ2) is 6.93. The summed E-state index contributed by atoms with van der Waals surface area (Å²) in [6, 6.07) is 19.3. The van der Waals surface area contributed by atoms with Crippen molar-refractivity contribution in [3.8, 4) is 0 Å². The average Bonchev–Trinajstić information content (AvgIpc) is 2.95. The number of carbonyl (C=O) groups is 1. The van der Waals surface area contributed by atoms with Gasteiger partial charge in [0.1, 0.15) is 5.82 Å². The Bertz CT molecular complexity index is 1020. The number of hydrogen-bond donors (Lipinski definition) is 1. The van der Waals surface area contributed by atoms with Gasteiger partial charge in [-0.05, 0) is 55.5 Å². The Kier molecular flexibility index (Phi) is 4.57. The van der Waals surface area contributed by atoms with Gasteiger partial charge in [0.15, 0.2) is 5.72 Å². The minimum atomic E-state index is -1.74. The lowest BCUT2D eigenvalue weighted by atomic mass is 10.0. The highest BCUT2D eigenvalue weighted by Gasteiger charge is 2.51. The zero-order chi connectivity index (χ0) is 19.9. The van der Waals surface area contributed by atoms with Gasteiger partial charge in [0, 0.05) is 22.0 Å². The van der Waals surface area contributed by atoms with Crippen molar-refractivity contribution in [3.05, 3.63) is 94.8 Å². The van der Waals surface area contributed by atoms with Gasteiger partial charge in [-0.1, -0.05) is 41.4 Å². The number of anilines is 2. The first-order valence-corrected chi connectivity index (χ1v) is 9.19. The summed E-state index contributed by atoms with van der Waals surface area (Å²) in [5, 5.41) is 12.1. The van der Waals surface area contributed by atoms with Crippen LogP contribution in [0.3, 0.4) is 0 Å². The Labute approximate surface area is 167 Å². The van der Waals surface area contributed by atoms with Crippen LogP contribution in [0, 0.1) is 12.7 Å². The lowest BCUT2D eigenvalue weighted by Crippen LogP contribution is -2.44. The van der Waals surface area contributed by atoms with E-state index in [-0.39, 0.29) is 6.54 Å². The van der Waals surface area contributed by atoms with Crippen LogP contribution in [0.2, 0.25) is 5.02 Å². The van der Waals surface area contributed by atoms with Crippen molar-refractivity contribution in [1.29, 1.82) is 0 Å². The number of benzene rings is 3. The molecule has 6 heteroatoms. The number of β-amino-alcohol motifs (C(OH)–C–C–N with tert-alkyl or cyclic N) is 1. The first kappa shape index (κ1) is 18.5. The predicted molar refractivity (Wildman–Crippen MR) is 108 cm³/mol. The molecule has 1 N–H and O–H groups in total. The molecule has 3 aromatic rings. The van der Waals surface area contributed by atoms with E-state index in [1.165, 1.54) is 28.0 Å². The number of carbonyl (C=O) groups excluding carboxylic acids is 1. The number of amides is 2. The number of nitrogens with zero attached hydrogens (tertiary/aromatic N) is 2. The molecule has 2 amide bonds. The summed E-state index contributed by atoms with van der Waals surface area (Å²) in [6.45, 7) is 1.92. The van der Waals surface area contributed by atoms with Crippen LogP contribution in [-0.4, -0.2) is 17.7 Å². The summed E-state index contributed by atoms with van der Waals surface area (Å²) in [5.41, 5.74) is 0.742. The highest BCUT2D eigenvalue weighted by atomic mass is 35.5. The molecule has 1 atom stereocenters. The van der Waals surface area contributed by atoms with Crippen molar-refractivity contribution < 1.29 is 14.3 Å². The van der Waals surface area contributed by atoms with Gasteiger partial charge in [0.2, 0.25) is 0 Å². The second-order valence-electron chi connectivity index (χ2n) is 6.84. The first-order chi connectivity index (χ1) is 13.4. The van der Waals surface area contributed by atoms with Gasteiger partial charge >= 0.3 is 6.03 Å². The Balaban J connectivity index is 1.84. The number of urea groups is 1. The molecule has 1 aliphatic rings. The molecular formula is C22H18ClFN2O2. The molecular weight excluding hydrogens is 379 g/mol. The number of aryl methyl sites for hydroxylation is 1. The van der Waals surface area contributed by atoms with Crippen LogP contribution < -0.4 is 9.80 Å². The number of halogens is 2. The fourth-order valence-corrected chi connectivity index (χ4v) is 3.56. The molecule has 0 saturated carbocycles. The molecule has 0 aromatic heterocycles. The summed E-state index contributed by atoms with van der Waals surface area (Å²) in [5.74, 6) is -0.483. The zero-order valence-corrected chi connectivity index (χ0v) is 15.9. The third kappa shape index (κ3) is 3.13. The summed E-state index contributed by atoms with van der Waals surface area (Å²) >= 11 is 5.98. The lowest BCUT2D eigenvalue weighted by Gasteiger charge is -2.32. The van der Waals surface area contributed by atoms with Crippen molar-refractivity contribution in [2.75, 3.05) is 16.3 Å². The Morgan fingerprint density at radius 1 is 1.00 bits per heavy atom. The maximum absolute atomic E-state index is 13.9. The van der Waals surface area contributed by atoms with E-state index >= 15 is 0 Å². The summed E-state index contributed by atoms with van der Waals surface area (Å²) in [7, 11) is 0. The fourth-order valence-electron chi connectivity index (χ4n) is 3.44. The number of hydrogen-bond acceptors (Lipinski definition) is 2. The van der Waals surface area contributed by atoms with Gasteiger partial charge in [0.05, 0.1) is 6.54 Å². The standard InChI is InChI=1S/C22H18ClFN2O2/c1-15-5-9-19(10-6-15)25-14-22(28,16-3-2-4-18(24)13-16)26(21(25)27)20-11-7-17(23)8-12-20/h2-13,28H,14H2,1H3. The molecule has 0 bridgehead atoms. The summed E-state index contributed by atoms with van der Waals surface area (Å²) in [4.78, 5) is 16.1. The van der Waals surface area contributed by atoms with Crippen molar-refractivity contribution >= 4 is 29.0 Å². The molecule has 4 nitrogen and oxygen atoms in total. The van der Waals surface area contributed by atoms with E-state index in [0.29, 0.717) is 22.0 Å². The molecule has 28 heavy (non-hydrogen) atoms. The monoisotopic (exact) mass is 396 g/mol. The lowest BCUT2D eigenvalue weighted by molar-refractivity contribution is 0.0652. The van der Waals surface area contributed by atoms with Gasteiger partial charge in [-0.15, -0.1) is 0 Å². The van der Waals surface area contributed by atoms with Crippen LogP contribution >= 0.6 is 11.6 Å². The highest BCUT2D eigenvalue weighted by Crippen LogP contribution is 2.40. The van der Waals surface area contributed by atoms with Crippen LogP contribution in [0.15, 0.2) is 72.8 Å². The Hall–Kier alpha value is -2.89. The van der Waals surface area contributed by atoms with Gasteiger partial charge in [-0.25, -0.2) is 9.18 Å². The minimum Gasteiger partial charge on any atom is -0.365 e. The van der Waals surface area contributed by atoms with Crippen molar-refractivity contribution in [3.63, 3.8) is 0 Å². The predicted octanol–water partition coefficient (Wildman–Crippen LogP) is 5.08. The molecule has 1 aliphatic heterocycles. The highest BCUT2D eigenvalue weighted by molar-refractivity contribution is 6.30. The van der Waals surface area contributed by atoms with Crippen LogP contribution in [0.4, 0.5) is 20.6 Å². The topological polar surface area (TPSA) is 43.8 Å². The molecule has 1 fully saturated rings. The first-order valence-electron chi connectivity index (χ1n) is 8.81. The van der Waals surface area contributed by atoms with Crippen molar-refractivity contribution in [2.45, 2.75) is 12.6 Å². The molecule has 0 radical (unpaired) electrons. The number of aliphatic hydroxyl groups is 1. The molecule has 0 aliphatic carbocycles. The van der Waals surface area contributed by atoms with E-state index < -0.39 is 17.6 Å². The summed E-state index contributed by atoms with van der Waals surface area (Å²) in [6.07, 6.45) is 0. The van der Waals surface area contributed by atoms with Crippen LogP contribution in [0.25, 0.3) is 0 Å². The molecule has 142 valence electrons. The SMILES string of the molecule is Cc1ccc(N2CC(O)(c3cccc(F)c3)N(c3ccc(Cl)cc3)C2=O)cc1. The van der Waals surface area contributed by atoms with E-state index in [1.807, 2.05) is 31.2 Å². The van der Waals surface area contributed by atoms with E-state index in [2.05, 4.69) is 0 Å². The second-order valence-corrected chi connectivity index (χ2v) is 7.28. The third-order valence-electron chi connectivity index (χ3n) is 4.89. The van der Waals surface area contributed by atoms with Crippen LogP contribution in [-0.2, 0) is 5.72 Å². The molecule has 4 rings (SSSR count). The minimum absolute atomic E-state index is 0.0407. The van der Waals surface area contributed by atoms with Gasteiger partial charge in [-0.3, -0.25) is 9.80 Å². The Morgan fingerprint density at radius 2 is 1.64 bits per heavy atom. The molecule has 1 saturated heterocycles. The average molecular weight is 397 g/mol. The molecule has 1 unspecified atom stereocenters. The molecule has 1 heterocycles. The largest absolute Gasteiger partial charge is 0.365 e. The van der Waals surface area contributed by atoms with Crippen LogP contribution in [0.1, 0.15) is 11.1 Å². The van der Waals surface area contributed by atoms with Crippen molar-refractivity contribution in [2.24, 2.45) is 0 Å². The van der Waals surface area contributed by atoms with Gasteiger partial charge in [0.25, 0.3) is 0 Å². The fraction of sp³-hybridized carbons (Fsp3) is 0.136. The molecule has 0 spiro atoms. The Morgan fingerprint density at radius 3 is 2.29 bits per heavy atom. The van der Waals surface area contributed by atoms with Crippen molar-refractivity contribution in [1.82, 2.24) is 0 Å². The number of rotatable bonds is 3. The van der Waals surface area contributed by atoms with E-state index in [0.717, 1.165) is 5.56 Å². The van der Waals surface area contributed by atoms with Crippen LogP contribution in [0.5, 0.6) is 0 Å². The van der Waals surface area contributed by atoms with E-state index in [1.54, 1.807) is 30.3 Å².